The van der Waals surface area contributed by atoms with Crippen molar-refractivity contribution in [3.8, 4) is 6.07 Å². The third-order valence-corrected chi connectivity index (χ3v) is 4.42. The number of urea groups is 1. The fourth-order valence-corrected chi connectivity index (χ4v) is 3.37. The molecule has 1 atom stereocenters. The predicted octanol–water partition coefficient (Wildman–Crippen LogP) is 3.43. The molecule has 0 saturated carbocycles. The van der Waals surface area contributed by atoms with Gasteiger partial charge in [-0.3, -0.25) is 0 Å². The molecule has 1 aliphatic rings. The highest BCUT2D eigenvalue weighted by Crippen LogP contribution is 2.38. The van der Waals surface area contributed by atoms with Gasteiger partial charge in [-0.05, 0) is 36.4 Å². The number of carbonyl (C=O) groups is 1. The zero-order valence-electron chi connectivity index (χ0n) is 11.2. The van der Waals surface area contributed by atoms with E-state index in [0.29, 0.717) is 17.8 Å². The molecule has 0 bridgehead atoms. The molecule has 0 aliphatic carbocycles. The molecule has 21 heavy (non-hydrogen) atoms. The molecule has 5 nitrogen and oxygen atoms in total. The highest BCUT2D eigenvalue weighted by Gasteiger charge is 2.32. The standard InChI is InChI=1S/C15H13N3O2S/c16-10-11-3-5-12(6-4-11)17-15(19)18-7-9-21-14(18)13-2-1-8-20-13/h1-6,8,14H,7,9H2,(H,17,19)/t14-/m0/s1. The van der Waals surface area contributed by atoms with Crippen molar-refractivity contribution in [1.29, 1.82) is 5.26 Å². The van der Waals surface area contributed by atoms with Crippen LogP contribution in [0.1, 0.15) is 16.7 Å². The fourth-order valence-electron chi connectivity index (χ4n) is 2.17. The molecule has 2 heterocycles. The number of rotatable bonds is 2. The number of benzene rings is 1. The van der Waals surface area contributed by atoms with E-state index in [1.54, 1.807) is 47.2 Å². The van der Waals surface area contributed by atoms with Crippen molar-refractivity contribution in [2.75, 3.05) is 17.6 Å². The molecule has 3 rings (SSSR count). The smallest absolute Gasteiger partial charge is 0.323 e. The van der Waals surface area contributed by atoms with E-state index in [1.807, 2.05) is 18.2 Å². The zero-order chi connectivity index (χ0) is 14.7. The van der Waals surface area contributed by atoms with Crippen molar-refractivity contribution in [1.82, 2.24) is 4.90 Å². The average Bonchev–Trinajstić information content (AvgIpc) is 3.18. The fraction of sp³-hybridized carbons (Fsp3) is 0.200. The van der Waals surface area contributed by atoms with E-state index in [4.69, 9.17) is 9.68 Å². The van der Waals surface area contributed by atoms with Gasteiger partial charge in [0.25, 0.3) is 0 Å². The number of carbonyl (C=O) groups excluding carboxylic acids is 1. The summed E-state index contributed by atoms with van der Waals surface area (Å²) in [5.74, 6) is 1.67. The van der Waals surface area contributed by atoms with Crippen molar-refractivity contribution in [2.24, 2.45) is 0 Å². The summed E-state index contributed by atoms with van der Waals surface area (Å²) in [5, 5.41) is 11.5. The second-order valence-corrected chi connectivity index (χ2v) is 5.74. The van der Waals surface area contributed by atoms with Gasteiger partial charge in [-0.15, -0.1) is 11.8 Å². The molecule has 1 N–H and O–H groups in total. The largest absolute Gasteiger partial charge is 0.466 e. The molecule has 0 radical (unpaired) electrons. The minimum atomic E-state index is -0.161. The van der Waals surface area contributed by atoms with Gasteiger partial charge < -0.3 is 14.6 Å². The van der Waals surface area contributed by atoms with Gasteiger partial charge in [0.2, 0.25) is 0 Å². The molecule has 1 aromatic carbocycles. The van der Waals surface area contributed by atoms with Crippen molar-refractivity contribution in [3.05, 3.63) is 54.0 Å². The molecule has 6 heteroatoms. The van der Waals surface area contributed by atoms with Crippen molar-refractivity contribution < 1.29 is 9.21 Å². The minimum absolute atomic E-state index is 0.0848. The van der Waals surface area contributed by atoms with Gasteiger partial charge in [-0.2, -0.15) is 5.26 Å². The van der Waals surface area contributed by atoms with Crippen molar-refractivity contribution in [3.63, 3.8) is 0 Å². The normalized spacial score (nSPS) is 17.5. The molecular weight excluding hydrogens is 286 g/mol. The summed E-state index contributed by atoms with van der Waals surface area (Å²) in [6, 6.07) is 12.4. The number of nitrogens with zero attached hydrogens (tertiary/aromatic N) is 2. The van der Waals surface area contributed by atoms with Crippen LogP contribution in [0.3, 0.4) is 0 Å². The Balaban J connectivity index is 1.71. The number of thioether (sulfide) groups is 1. The maximum absolute atomic E-state index is 12.4. The number of amides is 2. The van der Waals surface area contributed by atoms with E-state index in [0.717, 1.165) is 11.5 Å². The Morgan fingerprint density at radius 1 is 1.38 bits per heavy atom. The molecule has 1 aromatic heterocycles. The second kappa shape index (κ2) is 5.94. The summed E-state index contributed by atoms with van der Waals surface area (Å²) in [4.78, 5) is 14.1. The molecule has 1 fully saturated rings. The van der Waals surface area contributed by atoms with Crippen LogP contribution in [0.2, 0.25) is 0 Å². The third-order valence-electron chi connectivity index (χ3n) is 3.20. The van der Waals surface area contributed by atoms with Gasteiger partial charge in [-0.25, -0.2) is 4.79 Å². The van der Waals surface area contributed by atoms with E-state index in [2.05, 4.69) is 5.32 Å². The van der Waals surface area contributed by atoms with Gasteiger partial charge in [-0.1, -0.05) is 0 Å². The zero-order valence-corrected chi connectivity index (χ0v) is 12.0. The van der Waals surface area contributed by atoms with Gasteiger partial charge in [0.15, 0.2) is 0 Å². The number of hydrogen-bond donors (Lipinski definition) is 1. The van der Waals surface area contributed by atoms with Crippen LogP contribution in [0.25, 0.3) is 0 Å². The van der Waals surface area contributed by atoms with Gasteiger partial charge in [0.05, 0.1) is 17.9 Å². The van der Waals surface area contributed by atoms with Crippen LogP contribution in [-0.2, 0) is 0 Å². The summed E-state index contributed by atoms with van der Waals surface area (Å²) in [6.45, 7) is 0.679. The Morgan fingerprint density at radius 3 is 2.86 bits per heavy atom. The number of anilines is 1. The summed E-state index contributed by atoms with van der Waals surface area (Å²) in [6.07, 6.45) is 1.62. The Morgan fingerprint density at radius 2 is 2.19 bits per heavy atom. The minimum Gasteiger partial charge on any atom is -0.466 e. The van der Waals surface area contributed by atoms with E-state index in [1.165, 1.54) is 0 Å². The first-order valence-electron chi connectivity index (χ1n) is 6.51. The summed E-state index contributed by atoms with van der Waals surface area (Å²) in [5.41, 5.74) is 1.24. The summed E-state index contributed by atoms with van der Waals surface area (Å²) < 4.78 is 5.40. The van der Waals surface area contributed by atoms with Crippen LogP contribution in [0.4, 0.5) is 10.5 Å². The van der Waals surface area contributed by atoms with E-state index in [-0.39, 0.29) is 11.4 Å². The maximum Gasteiger partial charge on any atom is 0.323 e. The first-order valence-corrected chi connectivity index (χ1v) is 7.55. The quantitative estimate of drug-likeness (QED) is 0.922. The number of furan rings is 1. The number of hydrogen-bond acceptors (Lipinski definition) is 4. The van der Waals surface area contributed by atoms with Crippen LogP contribution in [0.15, 0.2) is 47.1 Å². The average molecular weight is 299 g/mol. The van der Waals surface area contributed by atoms with E-state index >= 15 is 0 Å². The van der Waals surface area contributed by atoms with Crippen LogP contribution in [-0.4, -0.2) is 23.2 Å². The lowest BCUT2D eigenvalue weighted by Gasteiger charge is -2.22. The van der Waals surface area contributed by atoms with Crippen molar-refractivity contribution >= 4 is 23.5 Å². The molecule has 1 aliphatic heterocycles. The van der Waals surface area contributed by atoms with E-state index < -0.39 is 0 Å². The van der Waals surface area contributed by atoms with Gasteiger partial charge in [0, 0.05) is 18.0 Å². The molecule has 0 unspecified atom stereocenters. The molecule has 2 aromatic rings. The lowest BCUT2D eigenvalue weighted by Crippen LogP contribution is -2.34. The SMILES string of the molecule is N#Cc1ccc(NC(=O)N2CCS[C@H]2c2ccco2)cc1. The second-order valence-electron chi connectivity index (χ2n) is 4.55. The van der Waals surface area contributed by atoms with Crippen LogP contribution < -0.4 is 5.32 Å². The topological polar surface area (TPSA) is 69.3 Å². The molecule has 0 spiro atoms. The van der Waals surface area contributed by atoms with Crippen LogP contribution in [0, 0.1) is 11.3 Å². The number of nitrogens with one attached hydrogen (secondary N) is 1. The van der Waals surface area contributed by atoms with Gasteiger partial charge >= 0.3 is 6.03 Å². The Labute approximate surface area is 126 Å². The third kappa shape index (κ3) is 2.88. The predicted molar refractivity (Wildman–Crippen MR) is 80.8 cm³/mol. The first-order chi connectivity index (χ1) is 10.3. The summed E-state index contributed by atoms with van der Waals surface area (Å²) >= 11 is 1.68. The molecular formula is C15H13N3O2S. The lowest BCUT2D eigenvalue weighted by atomic mass is 10.2. The Bertz CT molecular complexity index is 661. The van der Waals surface area contributed by atoms with Crippen molar-refractivity contribution in [2.45, 2.75) is 5.37 Å². The first kappa shape index (κ1) is 13.6. The molecule has 1 saturated heterocycles. The van der Waals surface area contributed by atoms with E-state index in [9.17, 15) is 4.79 Å². The lowest BCUT2D eigenvalue weighted by molar-refractivity contribution is 0.210. The maximum atomic E-state index is 12.4. The highest BCUT2D eigenvalue weighted by molar-refractivity contribution is 7.99. The van der Waals surface area contributed by atoms with Crippen LogP contribution in [0.5, 0.6) is 0 Å². The molecule has 106 valence electrons. The van der Waals surface area contributed by atoms with Crippen LogP contribution >= 0.6 is 11.8 Å². The Hall–Kier alpha value is -2.39. The molecule has 2 amide bonds. The highest BCUT2D eigenvalue weighted by atomic mass is 32.2. The monoisotopic (exact) mass is 299 g/mol. The summed E-state index contributed by atoms with van der Waals surface area (Å²) in [7, 11) is 0. The number of nitriles is 1. The van der Waals surface area contributed by atoms with Gasteiger partial charge in [0.1, 0.15) is 11.1 Å². The Kier molecular flexibility index (Phi) is 3.84.